The Labute approximate surface area is 188 Å². The molecule has 1 aromatic heterocycles. The highest BCUT2D eigenvalue weighted by molar-refractivity contribution is 7.15. The summed E-state index contributed by atoms with van der Waals surface area (Å²) in [6.07, 6.45) is 3.70. The molecule has 3 heterocycles. The number of allylic oxidation sites excluding steroid dienone is 1. The summed E-state index contributed by atoms with van der Waals surface area (Å²) >= 11 is 1.69. The van der Waals surface area contributed by atoms with Crippen molar-refractivity contribution in [3.63, 3.8) is 0 Å². The predicted molar refractivity (Wildman–Crippen MR) is 118 cm³/mol. The molecule has 2 aromatic rings. The number of ether oxygens (including phenoxy) is 2. The number of aromatic nitrogens is 1. The fourth-order valence-corrected chi connectivity index (χ4v) is 5.61. The summed E-state index contributed by atoms with van der Waals surface area (Å²) in [7, 11) is 0. The van der Waals surface area contributed by atoms with Crippen LogP contribution in [0.4, 0.5) is 18.9 Å². The molecular formula is C23H24F3N3O2S. The van der Waals surface area contributed by atoms with E-state index in [0.717, 1.165) is 58.5 Å². The summed E-state index contributed by atoms with van der Waals surface area (Å²) in [4.78, 5) is 11.2. The minimum absolute atomic E-state index is 0.0594. The van der Waals surface area contributed by atoms with Crippen molar-refractivity contribution in [3.8, 4) is 10.4 Å². The number of hydrogen-bond acceptors (Lipinski definition) is 6. The molecule has 3 aliphatic rings. The van der Waals surface area contributed by atoms with Crippen molar-refractivity contribution in [3.05, 3.63) is 47.2 Å². The zero-order chi connectivity index (χ0) is 22.3. The Balaban J connectivity index is 1.31. The van der Waals surface area contributed by atoms with Gasteiger partial charge in [-0.15, -0.1) is 11.3 Å². The van der Waals surface area contributed by atoms with Crippen LogP contribution in [0.15, 0.2) is 41.7 Å². The molecule has 1 aliphatic carbocycles. The molecule has 9 heteroatoms. The van der Waals surface area contributed by atoms with Gasteiger partial charge in [0, 0.05) is 36.8 Å². The van der Waals surface area contributed by atoms with Crippen LogP contribution in [0.25, 0.3) is 10.4 Å². The molecule has 2 aliphatic heterocycles. The van der Waals surface area contributed by atoms with Crippen LogP contribution in [-0.4, -0.2) is 42.5 Å². The minimum Gasteiger partial charge on any atom is -0.348 e. The number of aryl methyl sites for hydroxylation is 1. The number of rotatable bonds is 3. The van der Waals surface area contributed by atoms with Gasteiger partial charge in [-0.3, -0.25) is 4.99 Å². The van der Waals surface area contributed by atoms with E-state index in [4.69, 9.17) is 14.5 Å². The lowest BCUT2D eigenvalue weighted by atomic mass is 9.85. The van der Waals surface area contributed by atoms with E-state index < -0.39 is 11.9 Å². The maximum atomic E-state index is 12.8. The Kier molecular flexibility index (Phi) is 5.59. The number of thiazole rings is 1. The van der Waals surface area contributed by atoms with E-state index in [0.29, 0.717) is 19.1 Å². The molecule has 0 atom stereocenters. The lowest BCUT2D eigenvalue weighted by Crippen LogP contribution is -2.34. The predicted octanol–water partition coefficient (Wildman–Crippen LogP) is 5.81. The van der Waals surface area contributed by atoms with Gasteiger partial charge in [-0.05, 0) is 49.1 Å². The van der Waals surface area contributed by atoms with Crippen molar-refractivity contribution >= 4 is 22.7 Å². The lowest BCUT2D eigenvalue weighted by molar-refractivity contribution is -0.178. The zero-order valence-electron chi connectivity index (χ0n) is 17.7. The number of aliphatic imine (C=N–C) groups is 1. The molecule has 1 saturated carbocycles. The monoisotopic (exact) mass is 463 g/mol. The lowest BCUT2D eigenvalue weighted by Gasteiger charge is -2.34. The third-order valence-electron chi connectivity index (χ3n) is 6.21. The highest BCUT2D eigenvalue weighted by atomic mass is 32.1. The Morgan fingerprint density at radius 1 is 1.12 bits per heavy atom. The van der Waals surface area contributed by atoms with Crippen LogP contribution in [0.5, 0.6) is 0 Å². The normalized spacial score (nSPS) is 21.4. The zero-order valence-corrected chi connectivity index (χ0v) is 18.5. The molecule has 5 rings (SSSR count). The largest absolute Gasteiger partial charge is 0.433 e. The molecule has 1 saturated heterocycles. The van der Waals surface area contributed by atoms with E-state index in [1.807, 2.05) is 25.3 Å². The van der Waals surface area contributed by atoms with Gasteiger partial charge in [0.25, 0.3) is 0 Å². The molecule has 0 radical (unpaired) electrons. The van der Waals surface area contributed by atoms with E-state index in [2.05, 4.69) is 11.1 Å². The van der Waals surface area contributed by atoms with Crippen LogP contribution in [0, 0.1) is 6.92 Å². The summed E-state index contributed by atoms with van der Waals surface area (Å²) in [6.45, 7) is 3.28. The molecule has 32 heavy (non-hydrogen) atoms. The first-order valence-corrected chi connectivity index (χ1v) is 11.6. The van der Waals surface area contributed by atoms with Crippen LogP contribution in [0.3, 0.4) is 0 Å². The number of hydrogen-bond donors (Lipinski definition) is 0. The highest BCUT2D eigenvalue weighted by Crippen LogP contribution is 2.44. The highest BCUT2D eigenvalue weighted by Gasteiger charge is 2.41. The van der Waals surface area contributed by atoms with Crippen LogP contribution >= 0.6 is 11.3 Å². The average Bonchev–Trinajstić information content (AvgIpc) is 3.44. The second-order valence-electron chi connectivity index (χ2n) is 8.47. The van der Waals surface area contributed by atoms with Crippen molar-refractivity contribution in [2.75, 3.05) is 24.8 Å². The second-order valence-corrected chi connectivity index (χ2v) is 9.53. The van der Waals surface area contributed by atoms with Gasteiger partial charge in [-0.2, -0.15) is 13.2 Å². The van der Waals surface area contributed by atoms with Crippen molar-refractivity contribution in [2.24, 2.45) is 4.99 Å². The molecule has 0 amide bonds. The summed E-state index contributed by atoms with van der Waals surface area (Å²) in [5.74, 6) is 0.0231. The number of alkyl halides is 3. The quantitative estimate of drug-likeness (QED) is 0.576. The molecular weight excluding hydrogens is 439 g/mol. The van der Waals surface area contributed by atoms with Gasteiger partial charge in [0.05, 0.1) is 23.1 Å². The third-order valence-corrected chi connectivity index (χ3v) is 7.42. The summed E-state index contributed by atoms with van der Waals surface area (Å²) in [5, 5.41) is 1.12. The van der Waals surface area contributed by atoms with Crippen LogP contribution in [-0.2, 0) is 9.47 Å². The summed E-state index contributed by atoms with van der Waals surface area (Å²) in [6, 6.07) is 6.01. The molecule has 1 aromatic carbocycles. The molecule has 0 bridgehead atoms. The molecule has 1 spiro atoms. The van der Waals surface area contributed by atoms with Crippen molar-refractivity contribution in [2.45, 2.75) is 50.5 Å². The van der Waals surface area contributed by atoms with E-state index in [1.165, 1.54) is 6.20 Å². The third kappa shape index (κ3) is 4.33. The van der Waals surface area contributed by atoms with Crippen molar-refractivity contribution in [1.29, 1.82) is 0 Å². The Hall–Kier alpha value is -2.23. The Morgan fingerprint density at radius 3 is 2.53 bits per heavy atom. The summed E-state index contributed by atoms with van der Waals surface area (Å²) < 4.78 is 50.2. The molecule has 0 unspecified atom stereocenters. The smallest absolute Gasteiger partial charge is 0.348 e. The number of nitrogens with zero attached hydrogens (tertiary/aromatic N) is 3. The maximum absolute atomic E-state index is 12.8. The van der Waals surface area contributed by atoms with Gasteiger partial charge in [0.2, 0.25) is 0 Å². The Morgan fingerprint density at radius 2 is 1.88 bits per heavy atom. The van der Waals surface area contributed by atoms with Crippen molar-refractivity contribution in [1.82, 2.24) is 4.98 Å². The van der Waals surface area contributed by atoms with Gasteiger partial charge in [0.15, 0.2) is 5.79 Å². The van der Waals surface area contributed by atoms with Crippen LogP contribution < -0.4 is 4.90 Å². The van der Waals surface area contributed by atoms with E-state index >= 15 is 0 Å². The summed E-state index contributed by atoms with van der Waals surface area (Å²) in [5.41, 5.74) is 2.00. The number of halogens is 3. The van der Waals surface area contributed by atoms with Gasteiger partial charge < -0.3 is 14.4 Å². The molecule has 2 fully saturated rings. The topological polar surface area (TPSA) is 47.0 Å². The first-order chi connectivity index (χ1) is 15.3. The van der Waals surface area contributed by atoms with E-state index in [9.17, 15) is 13.2 Å². The van der Waals surface area contributed by atoms with Gasteiger partial charge in [0.1, 0.15) is 12.4 Å². The number of benzene rings is 1. The average molecular weight is 464 g/mol. The van der Waals surface area contributed by atoms with E-state index in [1.54, 1.807) is 16.2 Å². The minimum atomic E-state index is -4.42. The standard InChI is InChI=1S/C23H24F3N3O2S/c1-15-10-17(12-18(11-15)29-7-4-20(28-14-29)23(24,25)26)19-13-27-21(32-19)16-2-5-22(6-3-16)30-8-9-31-22/h4,7,10-13,16H,2-3,5-6,8-9,14H2,1H3. The second kappa shape index (κ2) is 8.28. The number of anilines is 1. The fraction of sp³-hybridized carbons (Fsp3) is 0.478. The van der Waals surface area contributed by atoms with E-state index in [-0.39, 0.29) is 12.5 Å². The van der Waals surface area contributed by atoms with Crippen molar-refractivity contribution < 1.29 is 22.6 Å². The van der Waals surface area contributed by atoms with Gasteiger partial charge in [-0.25, -0.2) is 4.98 Å². The van der Waals surface area contributed by atoms with Gasteiger partial charge >= 0.3 is 6.18 Å². The Bertz CT molecular complexity index is 1050. The molecule has 5 nitrogen and oxygen atoms in total. The van der Waals surface area contributed by atoms with Crippen LogP contribution in [0.1, 0.15) is 42.2 Å². The maximum Gasteiger partial charge on any atom is 0.433 e. The first-order valence-electron chi connectivity index (χ1n) is 10.7. The SMILES string of the molecule is Cc1cc(-c2cnc(C3CCC4(CC3)OCCO4)s2)cc(N2C=CC(C(F)(F)F)=NC2)c1. The molecule has 170 valence electrons. The first kappa shape index (κ1) is 21.6. The molecule has 0 N–H and O–H groups in total. The van der Waals surface area contributed by atoms with Crippen LogP contribution in [0.2, 0.25) is 0 Å². The fourth-order valence-electron chi connectivity index (χ4n) is 4.54. The van der Waals surface area contributed by atoms with Gasteiger partial charge in [-0.1, -0.05) is 6.07 Å².